The Labute approximate surface area is 172 Å². The number of H-pyrrole nitrogens is 1. The van der Waals surface area contributed by atoms with Gasteiger partial charge >= 0.3 is 0 Å². The third-order valence-corrected chi connectivity index (χ3v) is 4.82. The highest BCUT2D eigenvalue weighted by Crippen LogP contribution is 2.37. The summed E-state index contributed by atoms with van der Waals surface area (Å²) in [4.78, 5) is 0. The molecule has 2 N–H and O–H groups in total. The highest BCUT2D eigenvalue weighted by molar-refractivity contribution is 6.31. The Morgan fingerprint density at radius 2 is 1.71 bits per heavy atom. The summed E-state index contributed by atoms with van der Waals surface area (Å²) in [6.07, 6.45) is 1.71. The SMILES string of the molecule is Oc1cc(OCc2ccc(Cl)cc2)ccc1-c1[nH]ncc1-c1cccc(Cl)c1. The van der Waals surface area contributed by atoms with Crippen molar-refractivity contribution in [3.63, 3.8) is 0 Å². The van der Waals surface area contributed by atoms with E-state index in [1.807, 2.05) is 54.6 Å². The minimum Gasteiger partial charge on any atom is -0.507 e. The maximum Gasteiger partial charge on any atom is 0.128 e. The number of nitrogens with one attached hydrogen (secondary N) is 1. The predicted molar refractivity (Wildman–Crippen MR) is 112 cm³/mol. The van der Waals surface area contributed by atoms with Crippen LogP contribution in [0.1, 0.15) is 5.56 Å². The first-order valence-corrected chi connectivity index (χ1v) is 9.36. The average Bonchev–Trinajstić information content (AvgIpc) is 3.17. The van der Waals surface area contributed by atoms with Gasteiger partial charge in [-0.1, -0.05) is 47.5 Å². The zero-order chi connectivity index (χ0) is 19.5. The zero-order valence-corrected chi connectivity index (χ0v) is 16.2. The molecule has 3 aromatic carbocycles. The minimum atomic E-state index is 0.0983. The van der Waals surface area contributed by atoms with E-state index in [0.717, 1.165) is 16.7 Å². The normalized spacial score (nSPS) is 10.8. The third-order valence-electron chi connectivity index (χ3n) is 4.33. The largest absolute Gasteiger partial charge is 0.507 e. The molecule has 4 rings (SSSR count). The van der Waals surface area contributed by atoms with Crippen molar-refractivity contribution in [1.82, 2.24) is 10.2 Å². The second kappa shape index (κ2) is 7.97. The summed E-state index contributed by atoms with van der Waals surface area (Å²) in [5.41, 5.74) is 4.10. The van der Waals surface area contributed by atoms with Gasteiger partial charge in [-0.15, -0.1) is 0 Å². The van der Waals surface area contributed by atoms with Crippen LogP contribution in [-0.2, 0) is 6.61 Å². The standard InChI is InChI=1S/C22H16Cl2N2O2/c23-16-6-4-14(5-7-16)13-28-18-8-9-19(21(27)11-18)22-20(12-25-26-22)15-2-1-3-17(24)10-15/h1-12,27H,13H2,(H,25,26). The number of ether oxygens (including phenoxy) is 1. The van der Waals surface area contributed by atoms with Crippen molar-refractivity contribution < 1.29 is 9.84 Å². The molecule has 0 aliphatic carbocycles. The van der Waals surface area contributed by atoms with E-state index in [0.29, 0.717) is 33.7 Å². The predicted octanol–water partition coefficient (Wildman–Crippen LogP) is 6.34. The van der Waals surface area contributed by atoms with Crippen molar-refractivity contribution in [2.45, 2.75) is 6.61 Å². The van der Waals surface area contributed by atoms with Gasteiger partial charge in [0.05, 0.1) is 11.9 Å². The van der Waals surface area contributed by atoms with Crippen LogP contribution >= 0.6 is 23.2 Å². The molecule has 4 aromatic rings. The van der Waals surface area contributed by atoms with Gasteiger partial charge in [0.25, 0.3) is 0 Å². The Kier molecular flexibility index (Phi) is 5.24. The Bertz CT molecular complexity index is 1110. The molecule has 28 heavy (non-hydrogen) atoms. The quantitative estimate of drug-likeness (QED) is 0.403. The van der Waals surface area contributed by atoms with Crippen molar-refractivity contribution >= 4 is 23.2 Å². The van der Waals surface area contributed by atoms with Gasteiger partial charge in [0, 0.05) is 27.2 Å². The molecule has 6 heteroatoms. The van der Waals surface area contributed by atoms with Crippen molar-refractivity contribution in [2.24, 2.45) is 0 Å². The molecule has 0 unspecified atom stereocenters. The van der Waals surface area contributed by atoms with E-state index in [1.54, 1.807) is 18.3 Å². The fourth-order valence-corrected chi connectivity index (χ4v) is 3.24. The summed E-state index contributed by atoms with van der Waals surface area (Å²) >= 11 is 12.0. The van der Waals surface area contributed by atoms with E-state index in [1.165, 1.54) is 0 Å². The van der Waals surface area contributed by atoms with Crippen LogP contribution in [0, 0.1) is 0 Å². The Hall–Kier alpha value is -2.95. The first kappa shape index (κ1) is 18.4. The van der Waals surface area contributed by atoms with Gasteiger partial charge in [-0.25, -0.2) is 0 Å². The summed E-state index contributed by atoms with van der Waals surface area (Å²) in [7, 11) is 0. The first-order valence-electron chi connectivity index (χ1n) is 8.60. The van der Waals surface area contributed by atoms with Crippen LogP contribution in [0.3, 0.4) is 0 Å². The van der Waals surface area contributed by atoms with Crippen LogP contribution in [0.15, 0.2) is 72.9 Å². The van der Waals surface area contributed by atoms with Gasteiger partial charge in [0.1, 0.15) is 18.1 Å². The molecule has 0 radical (unpaired) electrons. The lowest BCUT2D eigenvalue weighted by atomic mass is 10.0. The number of halogens is 2. The molecule has 0 aliphatic heterocycles. The molecule has 0 atom stereocenters. The lowest BCUT2D eigenvalue weighted by Crippen LogP contribution is -1.95. The van der Waals surface area contributed by atoms with E-state index in [4.69, 9.17) is 27.9 Å². The van der Waals surface area contributed by atoms with E-state index >= 15 is 0 Å². The second-order valence-electron chi connectivity index (χ2n) is 6.26. The fraction of sp³-hybridized carbons (Fsp3) is 0.0455. The number of aromatic hydroxyl groups is 1. The molecule has 0 saturated heterocycles. The van der Waals surface area contributed by atoms with Gasteiger partial charge in [-0.2, -0.15) is 5.10 Å². The molecule has 1 aromatic heterocycles. The van der Waals surface area contributed by atoms with Crippen LogP contribution in [0.25, 0.3) is 22.4 Å². The number of hydrogen-bond acceptors (Lipinski definition) is 3. The van der Waals surface area contributed by atoms with Crippen LogP contribution in [0.4, 0.5) is 0 Å². The number of rotatable bonds is 5. The summed E-state index contributed by atoms with van der Waals surface area (Å²) in [5, 5.41) is 19.0. The Morgan fingerprint density at radius 1 is 0.893 bits per heavy atom. The second-order valence-corrected chi connectivity index (χ2v) is 7.14. The maximum absolute atomic E-state index is 10.6. The molecule has 0 saturated carbocycles. The molecule has 0 fully saturated rings. The minimum absolute atomic E-state index is 0.0983. The lowest BCUT2D eigenvalue weighted by Gasteiger charge is -2.10. The molecule has 0 aliphatic rings. The third kappa shape index (κ3) is 3.98. The smallest absolute Gasteiger partial charge is 0.128 e. The molecular weight excluding hydrogens is 395 g/mol. The summed E-state index contributed by atoms with van der Waals surface area (Å²) in [5.74, 6) is 0.668. The molecule has 140 valence electrons. The Morgan fingerprint density at radius 3 is 2.46 bits per heavy atom. The first-order chi connectivity index (χ1) is 13.6. The number of aromatic amines is 1. The molecule has 1 heterocycles. The van der Waals surface area contributed by atoms with Gasteiger partial charge < -0.3 is 9.84 Å². The number of benzene rings is 3. The van der Waals surface area contributed by atoms with E-state index in [2.05, 4.69) is 10.2 Å². The van der Waals surface area contributed by atoms with Crippen LogP contribution < -0.4 is 4.74 Å². The van der Waals surface area contributed by atoms with Crippen molar-refractivity contribution in [1.29, 1.82) is 0 Å². The fourth-order valence-electron chi connectivity index (χ4n) is 2.93. The van der Waals surface area contributed by atoms with Crippen molar-refractivity contribution in [3.05, 3.63) is 88.5 Å². The van der Waals surface area contributed by atoms with Gasteiger partial charge in [0.2, 0.25) is 0 Å². The highest BCUT2D eigenvalue weighted by atomic mass is 35.5. The van der Waals surface area contributed by atoms with Gasteiger partial charge in [-0.05, 0) is 47.5 Å². The highest BCUT2D eigenvalue weighted by Gasteiger charge is 2.14. The molecular formula is C22H16Cl2N2O2. The molecule has 4 nitrogen and oxygen atoms in total. The molecule has 0 bridgehead atoms. The summed E-state index contributed by atoms with van der Waals surface area (Å²) < 4.78 is 5.77. The van der Waals surface area contributed by atoms with Crippen LogP contribution in [-0.4, -0.2) is 15.3 Å². The van der Waals surface area contributed by atoms with Crippen LogP contribution in [0.2, 0.25) is 10.0 Å². The number of hydrogen-bond donors (Lipinski definition) is 2. The van der Waals surface area contributed by atoms with Gasteiger partial charge in [-0.3, -0.25) is 5.10 Å². The van der Waals surface area contributed by atoms with Crippen molar-refractivity contribution in [3.8, 4) is 33.9 Å². The number of aromatic nitrogens is 2. The summed E-state index contributed by atoms with van der Waals surface area (Å²) in [6.45, 7) is 0.383. The zero-order valence-electron chi connectivity index (χ0n) is 14.7. The maximum atomic E-state index is 10.6. The monoisotopic (exact) mass is 410 g/mol. The topological polar surface area (TPSA) is 58.1 Å². The lowest BCUT2D eigenvalue weighted by molar-refractivity contribution is 0.304. The number of phenols is 1. The van der Waals surface area contributed by atoms with E-state index in [-0.39, 0.29) is 5.75 Å². The van der Waals surface area contributed by atoms with Crippen molar-refractivity contribution in [2.75, 3.05) is 0 Å². The molecule has 0 spiro atoms. The van der Waals surface area contributed by atoms with E-state index < -0.39 is 0 Å². The van der Waals surface area contributed by atoms with E-state index in [9.17, 15) is 5.11 Å². The summed E-state index contributed by atoms with van der Waals surface area (Å²) in [6, 6.07) is 20.1. The average molecular weight is 411 g/mol. The van der Waals surface area contributed by atoms with Gasteiger partial charge in [0.15, 0.2) is 0 Å². The number of phenolic OH excluding ortho intramolecular Hbond substituents is 1. The Balaban J connectivity index is 1.57. The molecule has 0 amide bonds. The number of nitrogens with zero attached hydrogens (tertiary/aromatic N) is 1. The van der Waals surface area contributed by atoms with Crippen LogP contribution in [0.5, 0.6) is 11.5 Å².